The SMILES string of the molecule is COc1ccc(Cl)cc1CC(F)(F)F. The number of ether oxygens (including phenoxy) is 1. The number of halogens is 4. The molecule has 0 radical (unpaired) electrons. The van der Waals surface area contributed by atoms with Crippen molar-refractivity contribution in [2.75, 3.05) is 7.11 Å². The average Bonchev–Trinajstić information content (AvgIpc) is 2.01. The van der Waals surface area contributed by atoms with Crippen molar-refractivity contribution in [1.82, 2.24) is 0 Å². The summed E-state index contributed by atoms with van der Waals surface area (Å²) in [5.41, 5.74) is 0.0486. The fourth-order valence-corrected chi connectivity index (χ4v) is 1.30. The van der Waals surface area contributed by atoms with E-state index in [0.717, 1.165) is 0 Å². The van der Waals surface area contributed by atoms with E-state index < -0.39 is 12.6 Å². The van der Waals surface area contributed by atoms with Crippen LogP contribution in [-0.4, -0.2) is 13.3 Å². The van der Waals surface area contributed by atoms with E-state index in [2.05, 4.69) is 0 Å². The Morgan fingerprint density at radius 2 is 2.00 bits per heavy atom. The van der Waals surface area contributed by atoms with Gasteiger partial charge >= 0.3 is 6.18 Å². The van der Waals surface area contributed by atoms with Gasteiger partial charge in [0, 0.05) is 10.6 Å². The molecule has 0 unspecified atom stereocenters. The van der Waals surface area contributed by atoms with Crippen LogP contribution in [0.4, 0.5) is 13.2 Å². The van der Waals surface area contributed by atoms with Crippen LogP contribution in [0, 0.1) is 0 Å². The van der Waals surface area contributed by atoms with Crippen LogP contribution in [0.1, 0.15) is 5.56 Å². The maximum Gasteiger partial charge on any atom is 0.393 e. The molecular weight excluding hydrogens is 217 g/mol. The minimum atomic E-state index is -4.25. The topological polar surface area (TPSA) is 9.23 Å². The van der Waals surface area contributed by atoms with Gasteiger partial charge in [0.25, 0.3) is 0 Å². The molecule has 0 aliphatic carbocycles. The third kappa shape index (κ3) is 3.10. The van der Waals surface area contributed by atoms with Crippen LogP contribution in [0.2, 0.25) is 5.02 Å². The molecule has 0 spiro atoms. The third-order valence-corrected chi connectivity index (χ3v) is 1.87. The van der Waals surface area contributed by atoms with Crippen molar-refractivity contribution >= 4 is 11.6 Å². The smallest absolute Gasteiger partial charge is 0.393 e. The molecule has 0 bridgehead atoms. The van der Waals surface area contributed by atoms with Gasteiger partial charge in [-0.15, -0.1) is 0 Å². The highest BCUT2D eigenvalue weighted by molar-refractivity contribution is 6.30. The highest BCUT2D eigenvalue weighted by Gasteiger charge is 2.29. The predicted octanol–water partition coefficient (Wildman–Crippen LogP) is 3.45. The van der Waals surface area contributed by atoms with Crippen LogP contribution < -0.4 is 4.74 Å². The van der Waals surface area contributed by atoms with Gasteiger partial charge in [-0.3, -0.25) is 0 Å². The molecule has 0 aliphatic rings. The number of benzene rings is 1. The summed E-state index contributed by atoms with van der Waals surface area (Å²) >= 11 is 5.58. The molecule has 5 heteroatoms. The molecule has 14 heavy (non-hydrogen) atoms. The lowest BCUT2D eigenvalue weighted by Gasteiger charge is -2.10. The second-order valence-electron chi connectivity index (χ2n) is 2.75. The van der Waals surface area contributed by atoms with Crippen LogP contribution in [-0.2, 0) is 6.42 Å². The van der Waals surface area contributed by atoms with Crippen molar-refractivity contribution in [2.24, 2.45) is 0 Å². The summed E-state index contributed by atoms with van der Waals surface area (Å²) in [6, 6.07) is 4.16. The van der Waals surface area contributed by atoms with Crippen LogP contribution in [0.3, 0.4) is 0 Å². The molecule has 0 atom stereocenters. The molecule has 0 heterocycles. The van der Waals surface area contributed by atoms with Crippen LogP contribution in [0.25, 0.3) is 0 Å². The Morgan fingerprint density at radius 3 is 2.50 bits per heavy atom. The van der Waals surface area contributed by atoms with Gasteiger partial charge in [-0.05, 0) is 18.2 Å². The zero-order chi connectivity index (χ0) is 10.8. The number of methoxy groups -OCH3 is 1. The van der Waals surface area contributed by atoms with Crippen LogP contribution >= 0.6 is 11.6 Å². The quantitative estimate of drug-likeness (QED) is 0.748. The third-order valence-electron chi connectivity index (χ3n) is 1.63. The minimum absolute atomic E-state index is 0.0486. The fourth-order valence-electron chi connectivity index (χ4n) is 1.10. The Bertz CT molecular complexity index is 322. The maximum absolute atomic E-state index is 12.1. The lowest BCUT2D eigenvalue weighted by Crippen LogP contribution is -2.12. The van der Waals surface area contributed by atoms with Gasteiger partial charge in [-0.2, -0.15) is 13.2 Å². The lowest BCUT2D eigenvalue weighted by atomic mass is 10.1. The second kappa shape index (κ2) is 4.09. The maximum atomic E-state index is 12.1. The molecular formula is C9H8ClF3O. The summed E-state index contributed by atoms with van der Waals surface area (Å²) in [6.07, 6.45) is -5.28. The Morgan fingerprint density at radius 1 is 1.36 bits per heavy atom. The standard InChI is InChI=1S/C9H8ClF3O/c1-14-8-3-2-7(10)4-6(8)5-9(11,12)13/h2-4H,5H2,1H3. The molecule has 0 saturated heterocycles. The zero-order valence-electron chi connectivity index (χ0n) is 7.36. The largest absolute Gasteiger partial charge is 0.496 e. The molecule has 1 aromatic rings. The van der Waals surface area contributed by atoms with Crippen molar-refractivity contribution in [3.63, 3.8) is 0 Å². The number of alkyl halides is 3. The van der Waals surface area contributed by atoms with Crippen molar-refractivity contribution in [2.45, 2.75) is 12.6 Å². The van der Waals surface area contributed by atoms with Gasteiger partial charge < -0.3 is 4.74 Å². The summed E-state index contributed by atoms with van der Waals surface area (Å²) in [5, 5.41) is 0.269. The zero-order valence-corrected chi connectivity index (χ0v) is 8.12. The summed E-state index contributed by atoms with van der Waals surface area (Å²) in [7, 11) is 1.32. The molecule has 1 nitrogen and oxygen atoms in total. The number of hydrogen-bond donors (Lipinski definition) is 0. The number of hydrogen-bond acceptors (Lipinski definition) is 1. The molecule has 0 fully saturated rings. The van der Waals surface area contributed by atoms with Crippen molar-refractivity contribution < 1.29 is 17.9 Å². The van der Waals surface area contributed by atoms with E-state index in [1.807, 2.05) is 0 Å². The summed E-state index contributed by atoms with van der Waals surface area (Å²) < 4.78 is 41.1. The molecule has 0 aliphatic heterocycles. The van der Waals surface area contributed by atoms with Gasteiger partial charge in [0.05, 0.1) is 13.5 Å². The first-order valence-corrected chi connectivity index (χ1v) is 4.19. The molecule has 1 rings (SSSR count). The molecule has 1 aromatic carbocycles. The minimum Gasteiger partial charge on any atom is -0.496 e. The van der Waals surface area contributed by atoms with Crippen molar-refractivity contribution in [1.29, 1.82) is 0 Å². The molecule has 0 N–H and O–H groups in total. The molecule has 0 amide bonds. The van der Waals surface area contributed by atoms with E-state index in [1.165, 1.54) is 25.3 Å². The monoisotopic (exact) mass is 224 g/mol. The molecule has 78 valence electrons. The number of rotatable bonds is 2. The van der Waals surface area contributed by atoms with E-state index >= 15 is 0 Å². The fraction of sp³-hybridized carbons (Fsp3) is 0.333. The highest BCUT2D eigenvalue weighted by atomic mass is 35.5. The van der Waals surface area contributed by atoms with Crippen LogP contribution in [0.15, 0.2) is 18.2 Å². The van der Waals surface area contributed by atoms with Crippen LogP contribution in [0.5, 0.6) is 5.75 Å². The van der Waals surface area contributed by atoms with Crippen molar-refractivity contribution in [3.05, 3.63) is 28.8 Å². The Labute approximate surface area is 84.4 Å². The lowest BCUT2D eigenvalue weighted by molar-refractivity contribution is -0.127. The second-order valence-corrected chi connectivity index (χ2v) is 3.18. The van der Waals surface area contributed by atoms with Gasteiger partial charge in [0.2, 0.25) is 0 Å². The highest BCUT2D eigenvalue weighted by Crippen LogP contribution is 2.29. The predicted molar refractivity (Wildman–Crippen MR) is 47.8 cm³/mol. The van der Waals surface area contributed by atoms with E-state index in [9.17, 15) is 13.2 Å². The Hall–Kier alpha value is -0.900. The first-order chi connectivity index (χ1) is 6.42. The molecule has 0 aromatic heterocycles. The van der Waals surface area contributed by atoms with E-state index in [4.69, 9.17) is 16.3 Å². The summed E-state index contributed by atoms with van der Waals surface area (Å²) in [6.45, 7) is 0. The van der Waals surface area contributed by atoms with E-state index in [-0.39, 0.29) is 16.3 Å². The molecule has 0 saturated carbocycles. The average molecular weight is 225 g/mol. The first-order valence-electron chi connectivity index (χ1n) is 3.81. The normalized spacial score (nSPS) is 11.5. The summed E-state index contributed by atoms with van der Waals surface area (Å²) in [5.74, 6) is 0.201. The van der Waals surface area contributed by atoms with Gasteiger partial charge in [-0.1, -0.05) is 11.6 Å². The first kappa shape index (κ1) is 11.2. The van der Waals surface area contributed by atoms with E-state index in [0.29, 0.717) is 0 Å². The Balaban J connectivity index is 2.99. The van der Waals surface area contributed by atoms with Gasteiger partial charge in [0.15, 0.2) is 0 Å². The van der Waals surface area contributed by atoms with Gasteiger partial charge in [-0.25, -0.2) is 0 Å². The Kier molecular flexibility index (Phi) is 3.26. The van der Waals surface area contributed by atoms with Gasteiger partial charge in [0.1, 0.15) is 5.75 Å². The summed E-state index contributed by atoms with van der Waals surface area (Å²) in [4.78, 5) is 0. The van der Waals surface area contributed by atoms with E-state index in [1.54, 1.807) is 0 Å². The van der Waals surface area contributed by atoms with Crippen molar-refractivity contribution in [3.8, 4) is 5.75 Å².